The molecule has 1 N–H and O–H groups in total. The lowest BCUT2D eigenvalue weighted by Gasteiger charge is -2.19. The minimum Gasteiger partial charge on any atom is -0.497 e. The van der Waals surface area contributed by atoms with Gasteiger partial charge >= 0.3 is 0 Å². The number of methoxy groups -OCH3 is 1. The average Bonchev–Trinajstić information content (AvgIpc) is 3.63. The average molecular weight is 498 g/mol. The number of thiophene rings is 1. The highest BCUT2D eigenvalue weighted by molar-refractivity contribution is 8.01. The molecule has 1 aliphatic heterocycles. The minimum absolute atomic E-state index is 0.106. The molecule has 11 heteroatoms. The molecule has 8 nitrogen and oxygen atoms in total. The van der Waals surface area contributed by atoms with Gasteiger partial charge in [-0.3, -0.25) is 4.79 Å². The number of amides is 1. The lowest BCUT2D eigenvalue weighted by atomic mass is 10.1. The van der Waals surface area contributed by atoms with Crippen molar-refractivity contribution in [1.82, 2.24) is 15.2 Å². The summed E-state index contributed by atoms with van der Waals surface area (Å²) in [5.74, 6) is 1.57. The van der Waals surface area contributed by atoms with E-state index in [1.54, 1.807) is 24.7 Å². The molecule has 0 unspecified atom stereocenters. The maximum Gasteiger partial charge on any atom is 0.253 e. The summed E-state index contributed by atoms with van der Waals surface area (Å²) in [6.45, 7) is 0. The Morgan fingerprint density at radius 3 is 3.00 bits per heavy atom. The van der Waals surface area contributed by atoms with Gasteiger partial charge in [0, 0.05) is 18.2 Å². The van der Waals surface area contributed by atoms with Crippen LogP contribution in [0.5, 0.6) is 5.75 Å². The van der Waals surface area contributed by atoms with Gasteiger partial charge in [-0.1, -0.05) is 35.2 Å². The lowest BCUT2D eigenvalue weighted by molar-refractivity contribution is -0.130. The molecule has 0 radical (unpaired) electrons. The second-order valence-electron chi connectivity index (χ2n) is 7.02. The van der Waals surface area contributed by atoms with Crippen molar-refractivity contribution in [2.75, 3.05) is 18.2 Å². The maximum atomic E-state index is 13.1. The molecule has 0 fully saturated rings. The fraction of sp³-hybridized carbons (Fsp3) is 0.182. The second kappa shape index (κ2) is 9.77. The van der Waals surface area contributed by atoms with Crippen LogP contribution in [0.1, 0.15) is 23.1 Å². The zero-order chi connectivity index (χ0) is 22.6. The Kier molecular flexibility index (Phi) is 6.42. The van der Waals surface area contributed by atoms with Crippen molar-refractivity contribution in [3.8, 4) is 5.75 Å². The molecule has 0 saturated heterocycles. The molecule has 33 heavy (non-hydrogen) atoms. The molecule has 0 spiro atoms. The van der Waals surface area contributed by atoms with E-state index in [0.29, 0.717) is 15.9 Å². The predicted molar refractivity (Wildman–Crippen MR) is 131 cm³/mol. The van der Waals surface area contributed by atoms with Crippen LogP contribution in [0.3, 0.4) is 0 Å². The molecular weight excluding hydrogens is 478 g/mol. The number of aromatic nitrogens is 2. The number of hydrogen-bond donors (Lipinski definition) is 1. The van der Waals surface area contributed by atoms with Crippen molar-refractivity contribution >= 4 is 56.9 Å². The predicted octanol–water partition coefficient (Wildman–Crippen LogP) is 5.41. The number of nitrogens with zero attached hydrogens (tertiary/aromatic N) is 4. The number of hydrazone groups is 1. The first-order valence-electron chi connectivity index (χ1n) is 10.0. The number of benzene rings is 1. The van der Waals surface area contributed by atoms with Crippen molar-refractivity contribution in [3.63, 3.8) is 0 Å². The first kappa shape index (κ1) is 21.7. The van der Waals surface area contributed by atoms with Gasteiger partial charge in [0.15, 0.2) is 4.34 Å². The van der Waals surface area contributed by atoms with E-state index in [9.17, 15) is 4.79 Å². The van der Waals surface area contributed by atoms with Crippen LogP contribution < -0.4 is 10.1 Å². The molecule has 1 aliphatic rings. The molecule has 5 rings (SSSR count). The molecule has 1 atom stereocenters. The summed E-state index contributed by atoms with van der Waals surface area (Å²) in [5, 5.41) is 20.4. The third kappa shape index (κ3) is 4.95. The summed E-state index contributed by atoms with van der Waals surface area (Å²) in [5.41, 5.74) is 1.75. The lowest BCUT2D eigenvalue weighted by Crippen LogP contribution is -2.28. The van der Waals surface area contributed by atoms with E-state index >= 15 is 0 Å². The smallest absolute Gasteiger partial charge is 0.253 e. The standard InChI is InChI=1S/C22H19N5O3S3/c1-29-15-6-2-5-14(11-15)23-21-24-25-22(33-21)32-13-20(28)27-17(18-7-3-9-30-18)12-16(26-27)19-8-4-10-31-19/h2-11,17H,12-13H2,1H3,(H,23,24)/t17-/m1/s1. The Hall–Kier alpha value is -3.15. The summed E-state index contributed by atoms with van der Waals surface area (Å²) in [7, 11) is 1.63. The van der Waals surface area contributed by atoms with Crippen LogP contribution in [-0.2, 0) is 4.79 Å². The highest BCUT2D eigenvalue weighted by Crippen LogP contribution is 2.35. The van der Waals surface area contributed by atoms with Gasteiger partial charge < -0.3 is 14.5 Å². The van der Waals surface area contributed by atoms with Crippen molar-refractivity contribution < 1.29 is 13.9 Å². The number of hydrogen-bond acceptors (Lipinski definition) is 10. The molecule has 3 aromatic heterocycles. The number of carbonyl (C=O) groups excluding carboxylic acids is 1. The van der Waals surface area contributed by atoms with Crippen LogP contribution in [0.2, 0.25) is 0 Å². The molecule has 1 aromatic carbocycles. The number of thioether (sulfide) groups is 1. The number of ether oxygens (including phenoxy) is 1. The fourth-order valence-electron chi connectivity index (χ4n) is 3.37. The van der Waals surface area contributed by atoms with E-state index < -0.39 is 0 Å². The molecule has 0 saturated carbocycles. The molecular formula is C22H19N5O3S3. The van der Waals surface area contributed by atoms with E-state index in [2.05, 4.69) is 20.6 Å². The van der Waals surface area contributed by atoms with Gasteiger partial charge in [-0.15, -0.1) is 21.5 Å². The molecule has 0 bridgehead atoms. The van der Waals surface area contributed by atoms with Crippen LogP contribution in [0, 0.1) is 0 Å². The SMILES string of the molecule is COc1cccc(Nc2nnc(SCC(=O)N3N=C(c4cccs4)C[C@@H]3c3ccco3)s2)c1. The van der Waals surface area contributed by atoms with Gasteiger partial charge in [0.1, 0.15) is 17.6 Å². The number of carbonyl (C=O) groups is 1. The monoisotopic (exact) mass is 497 g/mol. The van der Waals surface area contributed by atoms with Crippen molar-refractivity contribution in [1.29, 1.82) is 0 Å². The van der Waals surface area contributed by atoms with Crippen LogP contribution in [0.15, 0.2) is 74.0 Å². The minimum atomic E-state index is -0.245. The maximum absolute atomic E-state index is 13.1. The van der Waals surface area contributed by atoms with Gasteiger partial charge in [0.2, 0.25) is 5.13 Å². The normalized spacial score (nSPS) is 15.5. The van der Waals surface area contributed by atoms with Gasteiger partial charge in [-0.25, -0.2) is 5.01 Å². The van der Waals surface area contributed by atoms with Gasteiger partial charge in [0.25, 0.3) is 5.91 Å². The van der Waals surface area contributed by atoms with E-state index in [4.69, 9.17) is 9.15 Å². The van der Waals surface area contributed by atoms with E-state index in [0.717, 1.165) is 27.8 Å². The van der Waals surface area contributed by atoms with Crippen LogP contribution in [-0.4, -0.2) is 39.7 Å². The third-order valence-electron chi connectivity index (χ3n) is 4.89. The molecule has 0 aliphatic carbocycles. The summed E-state index contributed by atoms with van der Waals surface area (Å²) in [4.78, 5) is 14.2. The highest BCUT2D eigenvalue weighted by atomic mass is 32.2. The first-order chi connectivity index (χ1) is 16.2. The zero-order valence-corrected chi connectivity index (χ0v) is 20.0. The van der Waals surface area contributed by atoms with Crippen molar-refractivity contribution in [2.45, 2.75) is 16.8 Å². The van der Waals surface area contributed by atoms with E-state index in [1.165, 1.54) is 28.1 Å². The van der Waals surface area contributed by atoms with Crippen molar-refractivity contribution in [3.05, 3.63) is 70.8 Å². The van der Waals surface area contributed by atoms with Gasteiger partial charge in [-0.2, -0.15) is 5.10 Å². The van der Waals surface area contributed by atoms with Crippen LogP contribution in [0.4, 0.5) is 10.8 Å². The first-order valence-corrected chi connectivity index (χ1v) is 12.7. The summed E-state index contributed by atoms with van der Waals surface area (Å²) >= 11 is 4.35. The third-order valence-corrected chi connectivity index (χ3v) is 7.77. The second-order valence-corrected chi connectivity index (χ2v) is 10.2. The fourth-order valence-corrected chi connectivity index (χ4v) is 5.71. The summed E-state index contributed by atoms with van der Waals surface area (Å²) < 4.78 is 11.5. The number of nitrogens with one attached hydrogen (secondary N) is 1. The number of rotatable bonds is 8. The number of furan rings is 1. The highest BCUT2D eigenvalue weighted by Gasteiger charge is 2.35. The topological polar surface area (TPSA) is 92.8 Å². The molecule has 4 aromatic rings. The van der Waals surface area contributed by atoms with E-state index in [-0.39, 0.29) is 17.7 Å². The zero-order valence-electron chi connectivity index (χ0n) is 17.5. The Bertz CT molecular complexity index is 1250. The quantitative estimate of drug-likeness (QED) is 0.325. The Labute approximate surface area is 202 Å². The van der Waals surface area contributed by atoms with E-state index in [1.807, 2.05) is 53.9 Å². The van der Waals surface area contributed by atoms with Crippen molar-refractivity contribution in [2.24, 2.45) is 5.10 Å². The molecule has 1 amide bonds. The Morgan fingerprint density at radius 1 is 1.27 bits per heavy atom. The van der Waals surface area contributed by atoms with Crippen LogP contribution in [0.25, 0.3) is 0 Å². The van der Waals surface area contributed by atoms with Crippen LogP contribution >= 0.6 is 34.4 Å². The largest absolute Gasteiger partial charge is 0.497 e. The summed E-state index contributed by atoms with van der Waals surface area (Å²) in [6.07, 6.45) is 2.24. The Balaban J connectivity index is 1.25. The molecule has 168 valence electrons. The Morgan fingerprint density at radius 2 is 2.21 bits per heavy atom. The van der Waals surface area contributed by atoms with Gasteiger partial charge in [-0.05, 0) is 35.7 Å². The van der Waals surface area contributed by atoms with Gasteiger partial charge in [0.05, 0.1) is 29.7 Å². The summed E-state index contributed by atoms with van der Waals surface area (Å²) in [6, 6.07) is 15.0. The molecule has 4 heterocycles. The number of anilines is 2.